The van der Waals surface area contributed by atoms with Gasteiger partial charge in [-0.15, -0.1) is 0 Å². The van der Waals surface area contributed by atoms with E-state index in [1.165, 1.54) is 24.0 Å². The topological polar surface area (TPSA) is 29.3 Å². The summed E-state index contributed by atoms with van der Waals surface area (Å²) in [5, 5.41) is 0. The molecule has 0 spiro atoms. The van der Waals surface area contributed by atoms with Crippen LogP contribution < -0.4 is 5.73 Å². The maximum Gasteiger partial charge on any atom is 0.0329 e. The molecule has 2 nitrogen and oxygen atoms in total. The van der Waals surface area contributed by atoms with Crippen LogP contribution in [0.4, 0.5) is 0 Å². The van der Waals surface area contributed by atoms with Crippen LogP contribution in [-0.2, 0) is 6.54 Å². The molecule has 1 aromatic carbocycles. The Morgan fingerprint density at radius 3 is 2.50 bits per heavy atom. The maximum absolute atomic E-state index is 6.05. The Hall–Kier alpha value is -0.860. The number of nitrogens with zero attached hydrogens (tertiary/aromatic N) is 1. The molecule has 102 valence electrons. The summed E-state index contributed by atoms with van der Waals surface area (Å²) in [5.74, 6) is 0. The molecule has 1 atom stereocenters. The molecule has 0 aliphatic heterocycles. The Morgan fingerprint density at radius 2 is 2.00 bits per heavy atom. The van der Waals surface area contributed by atoms with Crippen LogP contribution in [0.15, 0.2) is 24.3 Å². The van der Waals surface area contributed by atoms with E-state index in [0.717, 1.165) is 19.5 Å². The summed E-state index contributed by atoms with van der Waals surface area (Å²) >= 11 is 0. The van der Waals surface area contributed by atoms with Crippen molar-refractivity contribution in [2.24, 2.45) is 5.73 Å². The molecule has 0 fully saturated rings. The standard InChI is InChI=1S/C16H28N2/c1-5-10-16(6-2,13-17)18(4)12-15-9-7-8-14(3)11-15/h7-9,11H,5-6,10,12-13,17H2,1-4H3. The SMILES string of the molecule is CCCC(CC)(CN)N(C)Cc1cccc(C)c1. The summed E-state index contributed by atoms with van der Waals surface area (Å²) < 4.78 is 0. The molecule has 0 amide bonds. The predicted octanol–water partition coefficient (Wildman–Crippen LogP) is 3.33. The van der Waals surface area contributed by atoms with Gasteiger partial charge in [0.15, 0.2) is 0 Å². The first-order valence-electron chi connectivity index (χ1n) is 7.05. The molecule has 0 radical (unpaired) electrons. The van der Waals surface area contributed by atoms with Gasteiger partial charge >= 0.3 is 0 Å². The predicted molar refractivity (Wildman–Crippen MR) is 79.6 cm³/mol. The van der Waals surface area contributed by atoms with Crippen molar-refractivity contribution in [1.29, 1.82) is 0 Å². The van der Waals surface area contributed by atoms with Crippen molar-refractivity contribution < 1.29 is 0 Å². The van der Waals surface area contributed by atoms with Crippen molar-refractivity contribution in [1.82, 2.24) is 4.90 Å². The van der Waals surface area contributed by atoms with Crippen LogP contribution in [0.5, 0.6) is 0 Å². The molecular formula is C16H28N2. The van der Waals surface area contributed by atoms with Crippen LogP contribution in [0.1, 0.15) is 44.2 Å². The minimum atomic E-state index is 0.151. The zero-order valence-corrected chi connectivity index (χ0v) is 12.4. The van der Waals surface area contributed by atoms with Gasteiger partial charge in [0.1, 0.15) is 0 Å². The lowest BCUT2D eigenvalue weighted by Gasteiger charge is -2.41. The van der Waals surface area contributed by atoms with E-state index in [9.17, 15) is 0 Å². The molecule has 1 aromatic rings. The summed E-state index contributed by atoms with van der Waals surface area (Å²) in [5.41, 5.74) is 8.90. The van der Waals surface area contributed by atoms with Gasteiger partial charge in [-0.1, -0.05) is 50.1 Å². The van der Waals surface area contributed by atoms with Crippen LogP contribution in [0, 0.1) is 6.92 Å². The summed E-state index contributed by atoms with van der Waals surface area (Å²) in [7, 11) is 2.20. The quantitative estimate of drug-likeness (QED) is 0.802. The summed E-state index contributed by atoms with van der Waals surface area (Å²) in [6.07, 6.45) is 3.46. The zero-order valence-electron chi connectivity index (χ0n) is 12.4. The molecule has 0 aliphatic rings. The second kappa shape index (κ2) is 6.91. The number of rotatable bonds is 7. The van der Waals surface area contributed by atoms with E-state index in [0.29, 0.717) is 0 Å². The fraction of sp³-hybridized carbons (Fsp3) is 0.625. The Balaban J connectivity index is 2.81. The minimum Gasteiger partial charge on any atom is -0.329 e. The Kier molecular flexibility index (Phi) is 5.83. The van der Waals surface area contributed by atoms with Crippen molar-refractivity contribution in [2.75, 3.05) is 13.6 Å². The van der Waals surface area contributed by atoms with Crippen molar-refractivity contribution in [3.63, 3.8) is 0 Å². The van der Waals surface area contributed by atoms with Crippen LogP contribution >= 0.6 is 0 Å². The van der Waals surface area contributed by atoms with Crippen LogP contribution in [-0.4, -0.2) is 24.0 Å². The largest absolute Gasteiger partial charge is 0.329 e. The van der Waals surface area contributed by atoms with Gasteiger partial charge in [0.25, 0.3) is 0 Å². The molecular weight excluding hydrogens is 220 g/mol. The van der Waals surface area contributed by atoms with Crippen LogP contribution in [0.2, 0.25) is 0 Å². The van der Waals surface area contributed by atoms with Crippen molar-refractivity contribution in [3.8, 4) is 0 Å². The van der Waals surface area contributed by atoms with Gasteiger partial charge < -0.3 is 5.73 Å². The molecule has 18 heavy (non-hydrogen) atoms. The molecule has 0 aliphatic carbocycles. The lowest BCUT2D eigenvalue weighted by atomic mass is 9.88. The molecule has 0 heterocycles. The highest BCUT2D eigenvalue weighted by atomic mass is 15.2. The van der Waals surface area contributed by atoms with E-state index in [-0.39, 0.29) is 5.54 Å². The summed E-state index contributed by atoms with van der Waals surface area (Å²) in [4.78, 5) is 2.44. The van der Waals surface area contributed by atoms with Crippen LogP contribution in [0.25, 0.3) is 0 Å². The fourth-order valence-corrected chi connectivity index (χ4v) is 2.76. The number of hydrogen-bond acceptors (Lipinski definition) is 2. The third kappa shape index (κ3) is 3.56. The van der Waals surface area contributed by atoms with Gasteiger partial charge in [-0.2, -0.15) is 0 Å². The first-order chi connectivity index (χ1) is 8.57. The highest BCUT2D eigenvalue weighted by Crippen LogP contribution is 2.25. The van der Waals surface area contributed by atoms with Crippen molar-refractivity contribution in [3.05, 3.63) is 35.4 Å². The summed E-state index contributed by atoms with van der Waals surface area (Å²) in [6, 6.07) is 8.74. The van der Waals surface area contributed by atoms with Gasteiger partial charge in [-0.05, 0) is 32.4 Å². The third-order valence-electron chi connectivity index (χ3n) is 4.07. The fourth-order valence-electron chi connectivity index (χ4n) is 2.76. The molecule has 0 aromatic heterocycles. The third-order valence-corrected chi connectivity index (χ3v) is 4.07. The molecule has 2 N–H and O–H groups in total. The highest BCUT2D eigenvalue weighted by molar-refractivity contribution is 5.22. The van der Waals surface area contributed by atoms with Crippen molar-refractivity contribution >= 4 is 0 Å². The van der Waals surface area contributed by atoms with E-state index in [2.05, 4.69) is 57.0 Å². The second-order valence-electron chi connectivity index (χ2n) is 5.38. The van der Waals surface area contributed by atoms with Crippen molar-refractivity contribution in [2.45, 2.75) is 52.1 Å². The van der Waals surface area contributed by atoms with Gasteiger partial charge in [-0.25, -0.2) is 0 Å². The lowest BCUT2D eigenvalue weighted by Crippen LogP contribution is -2.51. The molecule has 0 saturated carbocycles. The molecule has 2 heteroatoms. The average molecular weight is 248 g/mol. The number of aryl methyl sites for hydroxylation is 1. The van der Waals surface area contributed by atoms with E-state index < -0.39 is 0 Å². The molecule has 0 bridgehead atoms. The maximum atomic E-state index is 6.05. The first kappa shape index (κ1) is 15.2. The smallest absolute Gasteiger partial charge is 0.0329 e. The number of hydrogen-bond donors (Lipinski definition) is 1. The van der Waals surface area contributed by atoms with E-state index in [1.54, 1.807) is 0 Å². The number of benzene rings is 1. The monoisotopic (exact) mass is 248 g/mol. The van der Waals surface area contributed by atoms with Crippen LogP contribution in [0.3, 0.4) is 0 Å². The Morgan fingerprint density at radius 1 is 1.28 bits per heavy atom. The average Bonchev–Trinajstić information content (AvgIpc) is 2.36. The molecule has 1 unspecified atom stereocenters. The highest BCUT2D eigenvalue weighted by Gasteiger charge is 2.30. The second-order valence-corrected chi connectivity index (χ2v) is 5.38. The van der Waals surface area contributed by atoms with Gasteiger partial charge in [0.05, 0.1) is 0 Å². The Labute approximate surface area is 112 Å². The zero-order chi connectivity index (χ0) is 13.6. The first-order valence-corrected chi connectivity index (χ1v) is 7.05. The van der Waals surface area contributed by atoms with E-state index in [1.807, 2.05) is 0 Å². The van der Waals surface area contributed by atoms with E-state index in [4.69, 9.17) is 5.73 Å². The Bertz CT molecular complexity index is 356. The molecule has 1 rings (SSSR count). The van der Waals surface area contributed by atoms with Gasteiger partial charge in [0, 0.05) is 18.6 Å². The van der Waals surface area contributed by atoms with E-state index >= 15 is 0 Å². The molecule has 0 saturated heterocycles. The number of nitrogens with two attached hydrogens (primary N) is 1. The van der Waals surface area contributed by atoms with Gasteiger partial charge in [-0.3, -0.25) is 4.90 Å². The normalized spacial score (nSPS) is 14.8. The minimum absolute atomic E-state index is 0.151. The lowest BCUT2D eigenvalue weighted by molar-refractivity contribution is 0.102. The van der Waals surface area contributed by atoms with Gasteiger partial charge in [0.2, 0.25) is 0 Å². The number of likely N-dealkylation sites (N-methyl/N-ethyl adjacent to an activating group) is 1. The summed E-state index contributed by atoms with van der Waals surface area (Å²) in [6.45, 7) is 8.34.